The number of aromatic nitrogens is 4. The van der Waals surface area contributed by atoms with Gasteiger partial charge in [0.1, 0.15) is 29.3 Å². The first-order valence-electron chi connectivity index (χ1n) is 11.5. The van der Waals surface area contributed by atoms with Gasteiger partial charge in [-0.05, 0) is 76.4 Å². The molecule has 3 heterocycles. The van der Waals surface area contributed by atoms with Gasteiger partial charge in [0.25, 0.3) is 5.91 Å². The number of halogens is 1. The second-order valence-electron chi connectivity index (χ2n) is 9.77. The zero-order valence-corrected chi connectivity index (χ0v) is 20.5. The van der Waals surface area contributed by atoms with Crippen molar-refractivity contribution >= 4 is 17.8 Å². The molecule has 4 rings (SSSR count). The first-order chi connectivity index (χ1) is 16.5. The molecule has 0 atom stereocenters. The molecule has 35 heavy (non-hydrogen) atoms. The number of fused-ring (bicyclic) bond motifs is 1. The monoisotopic (exact) mass is 480 g/mol. The Morgan fingerprint density at radius 3 is 2.66 bits per heavy atom. The van der Waals surface area contributed by atoms with E-state index in [-0.39, 0.29) is 24.0 Å². The quantitative estimate of drug-likeness (QED) is 0.585. The van der Waals surface area contributed by atoms with Crippen LogP contribution in [-0.2, 0) is 17.7 Å². The number of benzene rings is 1. The van der Waals surface area contributed by atoms with E-state index in [2.05, 4.69) is 20.5 Å². The minimum absolute atomic E-state index is 0.118. The first kappa shape index (κ1) is 24.3. The number of hydrogen-bond acceptors (Lipinski definition) is 6. The fourth-order valence-electron chi connectivity index (χ4n) is 3.85. The van der Waals surface area contributed by atoms with Crippen molar-refractivity contribution < 1.29 is 18.7 Å². The van der Waals surface area contributed by atoms with E-state index >= 15 is 0 Å². The van der Waals surface area contributed by atoms with Gasteiger partial charge in [-0.15, -0.1) is 10.2 Å². The van der Waals surface area contributed by atoms with Crippen LogP contribution in [0, 0.1) is 5.82 Å². The van der Waals surface area contributed by atoms with Crippen molar-refractivity contribution in [1.29, 1.82) is 0 Å². The minimum atomic E-state index is -0.630. The van der Waals surface area contributed by atoms with Gasteiger partial charge in [-0.2, -0.15) is 0 Å². The van der Waals surface area contributed by atoms with Gasteiger partial charge < -0.3 is 19.5 Å². The Bertz CT molecular complexity index is 1260. The number of carbonyl (C=O) groups excluding carboxylic acids is 2. The van der Waals surface area contributed by atoms with E-state index in [9.17, 15) is 14.0 Å². The van der Waals surface area contributed by atoms with Crippen LogP contribution in [0.4, 0.5) is 15.0 Å². The second kappa shape index (κ2) is 9.44. The maximum Gasteiger partial charge on any atom is 0.410 e. The van der Waals surface area contributed by atoms with Crippen molar-refractivity contribution in [2.45, 2.75) is 59.2 Å². The van der Waals surface area contributed by atoms with Crippen LogP contribution in [0.15, 0.2) is 36.7 Å². The summed E-state index contributed by atoms with van der Waals surface area (Å²) >= 11 is 0. The van der Waals surface area contributed by atoms with Crippen molar-refractivity contribution in [3.05, 3.63) is 59.2 Å². The largest absolute Gasteiger partial charge is 0.444 e. The van der Waals surface area contributed by atoms with Gasteiger partial charge in [0.15, 0.2) is 5.82 Å². The highest BCUT2D eigenvalue weighted by atomic mass is 19.1. The molecule has 3 aromatic rings. The SMILES string of the molecule is CC(C)n1cnnc1-c1cccc(NC(=O)c2cc3c(cc2F)CCN(C(=O)OC(C)(C)C)C3)n1. The number of hydrogen-bond donors (Lipinski definition) is 1. The average Bonchev–Trinajstić information content (AvgIpc) is 3.28. The Labute approximate surface area is 203 Å². The van der Waals surface area contributed by atoms with E-state index < -0.39 is 23.4 Å². The van der Waals surface area contributed by atoms with E-state index in [0.29, 0.717) is 30.0 Å². The summed E-state index contributed by atoms with van der Waals surface area (Å²) in [6.07, 6.45) is 1.66. The number of nitrogens with one attached hydrogen (secondary N) is 1. The number of nitrogens with zero attached hydrogens (tertiary/aromatic N) is 5. The topological polar surface area (TPSA) is 102 Å². The molecule has 1 aliphatic rings. The van der Waals surface area contributed by atoms with E-state index in [1.165, 1.54) is 12.1 Å². The van der Waals surface area contributed by atoms with Crippen LogP contribution in [0.5, 0.6) is 0 Å². The molecule has 0 bridgehead atoms. The molecule has 0 spiro atoms. The molecule has 1 aromatic carbocycles. The fraction of sp³-hybridized carbons (Fsp3) is 0.400. The zero-order valence-electron chi connectivity index (χ0n) is 20.5. The summed E-state index contributed by atoms with van der Waals surface area (Å²) < 4.78 is 22.2. The Kier molecular flexibility index (Phi) is 6.56. The fourth-order valence-corrected chi connectivity index (χ4v) is 3.85. The van der Waals surface area contributed by atoms with E-state index in [4.69, 9.17) is 4.74 Å². The molecule has 0 unspecified atom stereocenters. The first-order valence-corrected chi connectivity index (χ1v) is 11.5. The molecule has 9 nitrogen and oxygen atoms in total. The third-order valence-electron chi connectivity index (χ3n) is 5.55. The lowest BCUT2D eigenvalue weighted by atomic mass is 9.96. The van der Waals surface area contributed by atoms with Gasteiger partial charge in [-0.1, -0.05) is 6.07 Å². The number of rotatable bonds is 4. The van der Waals surface area contributed by atoms with Gasteiger partial charge in [0, 0.05) is 19.1 Å². The molecular weight excluding hydrogens is 451 g/mol. The number of ether oxygens (including phenoxy) is 1. The molecule has 184 valence electrons. The van der Waals surface area contributed by atoms with Crippen LogP contribution >= 0.6 is 0 Å². The third kappa shape index (κ3) is 5.47. The normalized spacial score (nSPS) is 13.5. The molecule has 0 aliphatic carbocycles. The Morgan fingerprint density at radius 2 is 1.94 bits per heavy atom. The molecule has 0 saturated heterocycles. The van der Waals surface area contributed by atoms with Gasteiger partial charge in [-0.3, -0.25) is 4.79 Å². The van der Waals surface area contributed by atoms with Crippen LogP contribution in [0.25, 0.3) is 11.5 Å². The summed E-state index contributed by atoms with van der Waals surface area (Å²) in [7, 11) is 0. The highest BCUT2D eigenvalue weighted by molar-refractivity contribution is 6.04. The number of pyridine rings is 1. The van der Waals surface area contributed by atoms with Gasteiger partial charge in [-0.25, -0.2) is 14.2 Å². The lowest BCUT2D eigenvalue weighted by Gasteiger charge is -2.31. The van der Waals surface area contributed by atoms with E-state index in [1.807, 2.05) is 18.4 Å². The average molecular weight is 481 g/mol. The van der Waals surface area contributed by atoms with Crippen molar-refractivity contribution in [3.8, 4) is 11.5 Å². The van der Waals surface area contributed by atoms with Crippen molar-refractivity contribution in [2.24, 2.45) is 0 Å². The number of carbonyl (C=O) groups is 2. The highest BCUT2D eigenvalue weighted by Gasteiger charge is 2.27. The maximum atomic E-state index is 14.8. The minimum Gasteiger partial charge on any atom is -0.444 e. The third-order valence-corrected chi connectivity index (χ3v) is 5.55. The summed E-state index contributed by atoms with van der Waals surface area (Å²) in [6, 6.07) is 8.12. The molecule has 2 aromatic heterocycles. The molecule has 0 saturated carbocycles. The lowest BCUT2D eigenvalue weighted by Crippen LogP contribution is -2.40. The van der Waals surface area contributed by atoms with Gasteiger partial charge >= 0.3 is 6.09 Å². The second-order valence-corrected chi connectivity index (χ2v) is 9.77. The zero-order chi connectivity index (χ0) is 25.3. The van der Waals surface area contributed by atoms with Crippen molar-refractivity contribution in [2.75, 3.05) is 11.9 Å². The molecule has 1 aliphatic heterocycles. The number of amides is 2. The van der Waals surface area contributed by atoms with Gasteiger partial charge in [0.2, 0.25) is 0 Å². The van der Waals surface area contributed by atoms with Crippen LogP contribution < -0.4 is 5.32 Å². The Morgan fingerprint density at radius 1 is 1.17 bits per heavy atom. The molecule has 1 N–H and O–H groups in total. The van der Waals surface area contributed by atoms with E-state index in [0.717, 1.165) is 5.56 Å². The predicted molar refractivity (Wildman–Crippen MR) is 128 cm³/mol. The van der Waals surface area contributed by atoms with Crippen molar-refractivity contribution in [3.63, 3.8) is 0 Å². The Hall–Kier alpha value is -3.82. The molecule has 10 heteroatoms. The maximum absolute atomic E-state index is 14.8. The summed E-state index contributed by atoms with van der Waals surface area (Å²) in [6.45, 7) is 10.1. The standard InChI is InChI=1S/C25H29FN6O3/c1-15(2)32-14-27-30-22(32)20-7-6-8-21(28-20)29-23(33)18-11-17-13-31(24(34)35-25(3,4)5)10-9-16(17)12-19(18)26/h6-8,11-12,14-15H,9-10,13H2,1-5H3,(H,28,29,33). The van der Waals surface area contributed by atoms with Crippen LogP contribution in [0.2, 0.25) is 0 Å². The lowest BCUT2D eigenvalue weighted by molar-refractivity contribution is 0.0224. The van der Waals surface area contributed by atoms with Crippen LogP contribution in [-0.4, -0.2) is 48.8 Å². The van der Waals surface area contributed by atoms with E-state index in [1.54, 1.807) is 50.2 Å². The summed E-state index contributed by atoms with van der Waals surface area (Å²) in [5.41, 5.74) is 1.28. The van der Waals surface area contributed by atoms with Crippen LogP contribution in [0.3, 0.4) is 0 Å². The number of anilines is 1. The van der Waals surface area contributed by atoms with Crippen LogP contribution in [0.1, 0.15) is 62.1 Å². The molecule has 0 fully saturated rings. The Balaban J connectivity index is 1.54. The predicted octanol–water partition coefficient (Wildman–Crippen LogP) is 4.61. The molecule has 2 amide bonds. The molecular formula is C25H29FN6O3. The smallest absolute Gasteiger partial charge is 0.410 e. The summed E-state index contributed by atoms with van der Waals surface area (Å²) in [5.74, 6) is -0.422. The summed E-state index contributed by atoms with van der Waals surface area (Å²) in [4.78, 5) is 31.5. The molecule has 0 radical (unpaired) electrons. The van der Waals surface area contributed by atoms with Crippen molar-refractivity contribution in [1.82, 2.24) is 24.6 Å². The van der Waals surface area contributed by atoms with Gasteiger partial charge in [0.05, 0.1) is 5.56 Å². The highest BCUT2D eigenvalue weighted by Crippen LogP contribution is 2.25. The summed E-state index contributed by atoms with van der Waals surface area (Å²) in [5, 5.41) is 10.7.